The topological polar surface area (TPSA) is 103 Å². The average Bonchev–Trinajstić information content (AvgIpc) is 3.28. The van der Waals surface area contributed by atoms with Gasteiger partial charge in [0.25, 0.3) is 0 Å². The number of benzene rings is 1. The molecule has 1 fully saturated rings. The molecule has 0 saturated carbocycles. The number of nitrogens with one attached hydrogen (secondary N) is 1. The van der Waals surface area contributed by atoms with E-state index in [1.54, 1.807) is 6.07 Å². The summed E-state index contributed by atoms with van der Waals surface area (Å²) in [5.74, 6) is 1.06. The van der Waals surface area contributed by atoms with E-state index in [9.17, 15) is 8.78 Å². The zero-order valence-electron chi connectivity index (χ0n) is 17.4. The molecule has 2 aliphatic heterocycles. The van der Waals surface area contributed by atoms with Crippen LogP contribution < -0.4 is 20.5 Å². The Hall–Kier alpha value is -2.79. The standard InChI is InChI=1S/C20H25F2N7O2/c1-11-12(4-3-8-24-11)10-28(2)9-7-15-25-18-13-5-6-14-17(31-20(21,22)30-14)16(13)26-19(23)29(18)27-15/h5-6,11-12,24H,3-4,7-10H2,1-2H3,(H2,23,26). The Labute approximate surface area is 177 Å². The number of hydrogen-bond acceptors (Lipinski definition) is 8. The van der Waals surface area contributed by atoms with E-state index in [0.29, 0.717) is 35.2 Å². The van der Waals surface area contributed by atoms with Crippen LogP contribution in [0.3, 0.4) is 0 Å². The zero-order chi connectivity index (χ0) is 21.8. The number of alkyl halides is 2. The number of hydrogen-bond donors (Lipinski definition) is 2. The van der Waals surface area contributed by atoms with Crippen molar-refractivity contribution in [3.05, 3.63) is 18.0 Å². The number of nitrogens with zero attached hydrogens (tertiary/aromatic N) is 5. The van der Waals surface area contributed by atoms with Crippen molar-refractivity contribution >= 4 is 22.5 Å². The molecular formula is C20H25F2N7O2. The monoisotopic (exact) mass is 433 g/mol. The van der Waals surface area contributed by atoms with Crippen LogP contribution in [0.1, 0.15) is 25.6 Å². The minimum atomic E-state index is -3.73. The number of fused-ring (bicyclic) bond motifs is 5. The van der Waals surface area contributed by atoms with Crippen molar-refractivity contribution in [2.24, 2.45) is 5.92 Å². The Morgan fingerprint density at radius 1 is 1.32 bits per heavy atom. The highest BCUT2D eigenvalue weighted by atomic mass is 19.3. The van der Waals surface area contributed by atoms with E-state index >= 15 is 0 Å². The van der Waals surface area contributed by atoms with Gasteiger partial charge in [0.15, 0.2) is 23.0 Å². The molecule has 166 valence electrons. The summed E-state index contributed by atoms with van der Waals surface area (Å²) in [6.45, 7) is 5.13. The second kappa shape index (κ2) is 7.41. The van der Waals surface area contributed by atoms with Crippen molar-refractivity contribution in [3.63, 3.8) is 0 Å². The fourth-order valence-electron chi connectivity index (χ4n) is 4.39. The fraction of sp³-hybridized carbons (Fsp3) is 0.550. The molecule has 2 unspecified atom stereocenters. The van der Waals surface area contributed by atoms with Gasteiger partial charge in [-0.3, -0.25) is 0 Å². The van der Waals surface area contributed by atoms with Crippen LogP contribution in [0.4, 0.5) is 14.7 Å². The molecule has 0 aliphatic carbocycles. The van der Waals surface area contributed by atoms with Gasteiger partial charge in [0.1, 0.15) is 5.52 Å². The molecule has 4 heterocycles. The van der Waals surface area contributed by atoms with Crippen molar-refractivity contribution in [1.82, 2.24) is 29.8 Å². The van der Waals surface area contributed by atoms with Gasteiger partial charge in [-0.2, -0.15) is 4.52 Å². The molecule has 0 spiro atoms. The van der Waals surface area contributed by atoms with Gasteiger partial charge in [0.2, 0.25) is 5.95 Å². The number of piperidine rings is 1. The quantitative estimate of drug-likeness (QED) is 0.630. The molecule has 0 radical (unpaired) electrons. The van der Waals surface area contributed by atoms with Crippen LogP contribution in [0.2, 0.25) is 0 Å². The Kier molecular flexibility index (Phi) is 4.82. The van der Waals surface area contributed by atoms with Crippen LogP contribution in [0, 0.1) is 5.92 Å². The number of aromatic nitrogens is 4. The summed E-state index contributed by atoms with van der Waals surface area (Å²) in [5.41, 5.74) is 6.67. The fourth-order valence-corrected chi connectivity index (χ4v) is 4.39. The summed E-state index contributed by atoms with van der Waals surface area (Å²) in [5, 5.41) is 8.53. The van der Waals surface area contributed by atoms with Crippen LogP contribution in [0.5, 0.6) is 11.5 Å². The SMILES string of the molecule is CC1NCCCC1CN(C)CCc1nc2c3ccc4c(c3nc(N)n2n1)OC(F)(F)O4. The Bertz CT molecular complexity index is 1140. The minimum Gasteiger partial charge on any atom is -0.395 e. The number of likely N-dealkylation sites (N-methyl/N-ethyl adjacent to an activating group) is 1. The molecule has 9 nitrogen and oxygen atoms in total. The second-order valence-electron chi connectivity index (χ2n) is 8.35. The minimum absolute atomic E-state index is 0.0453. The van der Waals surface area contributed by atoms with E-state index in [1.807, 2.05) is 0 Å². The third-order valence-electron chi connectivity index (χ3n) is 6.07. The van der Waals surface area contributed by atoms with Gasteiger partial charge in [0, 0.05) is 30.9 Å². The number of nitrogens with two attached hydrogens (primary N) is 1. The van der Waals surface area contributed by atoms with Gasteiger partial charge < -0.3 is 25.4 Å². The van der Waals surface area contributed by atoms with Gasteiger partial charge >= 0.3 is 6.29 Å². The lowest BCUT2D eigenvalue weighted by Gasteiger charge is -2.33. The van der Waals surface area contributed by atoms with Crippen molar-refractivity contribution in [2.45, 2.75) is 38.5 Å². The molecule has 2 aliphatic rings. The van der Waals surface area contributed by atoms with E-state index in [1.165, 1.54) is 23.4 Å². The summed E-state index contributed by atoms with van der Waals surface area (Å²) in [7, 11) is 2.10. The summed E-state index contributed by atoms with van der Waals surface area (Å²) >= 11 is 0. The van der Waals surface area contributed by atoms with E-state index in [2.05, 4.69) is 48.7 Å². The van der Waals surface area contributed by atoms with Crippen LogP contribution in [0.15, 0.2) is 12.1 Å². The van der Waals surface area contributed by atoms with Crippen LogP contribution in [-0.2, 0) is 6.42 Å². The third kappa shape index (κ3) is 3.72. The molecular weight excluding hydrogens is 408 g/mol. The summed E-state index contributed by atoms with van der Waals surface area (Å²) in [4.78, 5) is 11.1. The lowest BCUT2D eigenvalue weighted by atomic mass is 9.91. The van der Waals surface area contributed by atoms with Crippen molar-refractivity contribution in [3.8, 4) is 11.5 Å². The first-order valence-corrected chi connectivity index (χ1v) is 10.5. The highest BCUT2D eigenvalue weighted by molar-refractivity contribution is 5.97. The molecule has 2 aromatic heterocycles. The third-order valence-corrected chi connectivity index (χ3v) is 6.07. The second-order valence-corrected chi connectivity index (χ2v) is 8.35. The van der Waals surface area contributed by atoms with E-state index in [-0.39, 0.29) is 23.0 Å². The maximum atomic E-state index is 13.5. The van der Waals surface area contributed by atoms with Crippen molar-refractivity contribution in [2.75, 3.05) is 32.4 Å². The van der Waals surface area contributed by atoms with Gasteiger partial charge in [-0.15, -0.1) is 13.9 Å². The number of rotatable bonds is 5. The molecule has 0 amide bonds. The number of anilines is 1. The predicted octanol–water partition coefficient (Wildman–Crippen LogP) is 2.04. The Morgan fingerprint density at radius 2 is 2.16 bits per heavy atom. The Morgan fingerprint density at radius 3 is 2.97 bits per heavy atom. The molecule has 2 atom stereocenters. The predicted molar refractivity (Wildman–Crippen MR) is 110 cm³/mol. The molecule has 1 saturated heterocycles. The van der Waals surface area contributed by atoms with Gasteiger partial charge in [-0.05, 0) is 51.4 Å². The maximum Gasteiger partial charge on any atom is 0.586 e. The highest BCUT2D eigenvalue weighted by Crippen LogP contribution is 2.45. The number of ether oxygens (including phenoxy) is 2. The van der Waals surface area contributed by atoms with Gasteiger partial charge in [-0.1, -0.05) is 0 Å². The van der Waals surface area contributed by atoms with E-state index < -0.39 is 6.29 Å². The zero-order valence-corrected chi connectivity index (χ0v) is 17.4. The highest BCUT2D eigenvalue weighted by Gasteiger charge is 2.45. The largest absolute Gasteiger partial charge is 0.586 e. The number of nitrogen functional groups attached to an aromatic ring is 1. The summed E-state index contributed by atoms with van der Waals surface area (Å²) in [6, 6.07) is 3.54. The molecule has 11 heteroatoms. The molecule has 3 aromatic rings. The van der Waals surface area contributed by atoms with E-state index in [4.69, 9.17) is 5.73 Å². The summed E-state index contributed by atoms with van der Waals surface area (Å²) in [6.07, 6.45) is -0.654. The Balaban J connectivity index is 1.37. The van der Waals surface area contributed by atoms with Crippen molar-refractivity contribution in [1.29, 1.82) is 0 Å². The lowest BCUT2D eigenvalue weighted by Crippen LogP contribution is -2.44. The van der Waals surface area contributed by atoms with Crippen LogP contribution in [-0.4, -0.2) is 63.5 Å². The molecule has 0 bridgehead atoms. The first kappa shape index (κ1) is 20.1. The number of halogens is 2. The molecule has 1 aromatic carbocycles. The molecule has 31 heavy (non-hydrogen) atoms. The lowest BCUT2D eigenvalue weighted by molar-refractivity contribution is -0.286. The first-order valence-electron chi connectivity index (χ1n) is 10.5. The maximum absolute atomic E-state index is 13.5. The molecule has 5 rings (SSSR count). The van der Waals surface area contributed by atoms with E-state index in [0.717, 1.165) is 19.6 Å². The normalized spacial score (nSPS) is 22.6. The van der Waals surface area contributed by atoms with Crippen LogP contribution in [0.25, 0.3) is 16.6 Å². The first-order chi connectivity index (χ1) is 14.8. The average molecular weight is 433 g/mol. The van der Waals surface area contributed by atoms with Crippen LogP contribution >= 0.6 is 0 Å². The molecule has 3 N–H and O–H groups in total. The summed E-state index contributed by atoms with van der Waals surface area (Å²) < 4.78 is 37.6. The van der Waals surface area contributed by atoms with Gasteiger partial charge in [0.05, 0.1) is 0 Å². The smallest absolute Gasteiger partial charge is 0.395 e. The van der Waals surface area contributed by atoms with Gasteiger partial charge in [-0.25, -0.2) is 9.97 Å². The van der Waals surface area contributed by atoms with Crippen molar-refractivity contribution < 1.29 is 18.3 Å².